The molecule has 1 unspecified atom stereocenters. The standard InChI is InChI=1S/C15H16FN3S/c1-17-9-12(11-2-4-13(16)5-3-11)8-14-10-19-6-7-20-15(19)18-14/h2-7,10,12,17H,8-9H2,1H3. The minimum Gasteiger partial charge on any atom is -0.319 e. The first kappa shape index (κ1) is 13.3. The summed E-state index contributed by atoms with van der Waals surface area (Å²) in [5.41, 5.74) is 2.21. The highest BCUT2D eigenvalue weighted by molar-refractivity contribution is 7.15. The van der Waals surface area contributed by atoms with Crippen molar-refractivity contribution < 1.29 is 4.39 Å². The average molecular weight is 289 g/mol. The van der Waals surface area contributed by atoms with Gasteiger partial charge in [-0.15, -0.1) is 11.3 Å². The lowest BCUT2D eigenvalue weighted by molar-refractivity contribution is 0.608. The Balaban J connectivity index is 1.83. The van der Waals surface area contributed by atoms with Gasteiger partial charge in [0.05, 0.1) is 5.69 Å². The highest BCUT2D eigenvalue weighted by Crippen LogP contribution is 2.22. The summed E-state index contributed by atoms with van der Waals surface area (Å²) in [7, 11) is 1.93. The Hall–Kier alpha value is -1.72. The number of rotatable bonds is 5. The van der Waals surface area contributed by atoms with Crippen LogP contribution < -0.4 is 5.32 Å². The maximum Gasteiger partial charge on any atom is 0.193 e. The highest BCUT2D eigenvalue weighted by atomic mass is 32.1. The summed E-state index contributed by atoms with van der Waals surface area (Å²) in [5.74, 6) is 0.102. The second-order valence-electron chi connectivity index (χ2n) is 4.84. The van der Waals surface area contributed by atoms with E-state index in [1.54, 1.807) is 11.3 Å². The van der Waals surface area contributed by atoms with Crippen LogP contribution in [0.25, 0.3) is 4.96 Å². The van der Waals surface area contributed by atoms with E-state index in [0.29, 0.717) is 5.92 Å². The molecule has 0 bridgehead atoms. The number of halogens is 1. The molecule has 0 aliphatic carbocycles. The predicted octanol–water partition coefficient (Wildman–Crippen LogP) is 3.08. The van der Waals surface area contributed by atoms with Crippen LogP contribution in [0.5, 0.6) is 0 Å². The Morgan fingerprint density at radius 3 is 2.85 bits per heavy atom. The molecule has 0 saturated heterocycles. The van der Waals surface area contributed by atoms with E-state index in [9.17, 15) is 4.39 Å². The van der Waals surface area contributed by atoms with Gasteiger partial charge in [0.25, 0.3) is 0 Å². The highest BCUT2D eigenvalue weighted by Gasteiger charge is 2.14. The molecule has 0 radical (unpaired) electrons. The number of benzene rings is 1. The third kappa shape index (κ3) is 2.73. The number of fused-ring (bicyclic) bond motifs is 1. The van der Waals surface area contributed by atoms with E-state index in [2.05, 4.69) is 16.5 Å². The van der Waals surface area contributed by atoms with Gasteiger partial charge in [0.2, 0.25) is 0 Å². The van der Waals surface area contributed by atoms with Gasteiger partial charge >= 0.3 is 0 Å². The number of hydrogen-bond donors (Lipinski definition) is 1. The molecule has 5 heteroatoms. The number of nitrogens with one attached hydrogen (secondary N) is 1. The fourth-order valence-corrected chi connectivity index (χ4v) is 3.14. The number of thiazole rings is 1. The Morgan fingerprint density at radius 2 is 2.15 bits per heavy atom. The molecule has 1 atom stereocenters. The van der Waals surface area contributed by atoms with Gasteiger partial charge in [-0.2, -0.15) is 0 Å². The van der Waals surface area contributed by atoms with Crippen LogP contribution in [0.15, 0.2) is 42.0 Å². The van der Waals surface area contributed by atoms with E-state index in [1.165, 1.54) is 12.1 Å². The molecule has 3 rings (SSSR count). The van der Waals surface area contributed by atoms with Crippen LogP contribution in [0.1, 0.15) is 17.2 Å². The molecule has 0 spiro atoms. The van der Waals surface area contributed by atoms with Gasteiger partial charge < -0.3 is 5.32 Å². The minimum atomic E-state index is -0.195. The molecule has 104 valence electrons. The zero-order valence-corrected chi connectivity index (χ0v) is 12.0. The zero-order valence-electron chi connectivity index (χ0n) is 11.2. The van der Waals surface area contributed by atoms with Crippen molar-refractivity contribution in [1.82, 2.24) is 14.7 Å². The van der Waals surface area contributed by atoms with Crippen LogP contribution in [0, 0.1) is 5.82 Å². The molecule has 1 aromatic carbocycles. The smallest absolute Gasteiger partial charge is 0.193 e. The lowest BCUT2D eigenvalue weighted by atomic mass is 9.94. The van der Waals surface area contributed by atoms with E-state index >= 15 is 0 Å². The second-order valence-corrected chi connectivity index (χ2v) is 5.71. The van der Waals surface area contributed by atoms with Gasteiger partial charge in [-0.3, -0.25) is 4.40 Å². The van der Waals surface area contributed by atoms with Gasteiger partial charge in [0.1, 0.15) is 5.82 Å². The molecule has 0 aliphatic rings. The van der Waals surface area contributed by atoms with Crippen molar-refractivity contribution in [3.05, 3.63) is 59.1 Å². The lowest BCUT2D eigenvalue weighted by Crippen LogP contribution is -2.19. The van der Waals surface area contributed by atoms with Crippen molar-refractivity contribution >= 4 is 16.3 Å². The van der Waals surface area contributed by atoms with Crippen LogP contribution in [0.3, 0.4) is 0 Å². The largest absolute Gasteiger partial charge is 0.319 e. The molecule has 0 saturated carbocycles. The van der Waals surface area contributed by atoms with Crippen molar-refractivity contribution in [3.63, 3.8) is 0 Å². The van der Waals surface area contributed by atoms with Gasteiger partial charge in [0.15, 0.2) is 4.96 Å². The van der Waals surface area contributed by atoms with Gasteiger partial charge in [0, 0.05) is 30.2 Å². The molecule has 0 aliphatic heterocycles. The number of nitrogens with zero attached hydrogens (tertiary/aromatic N) is 2. The third-order valence-corrected chi connectivity index (χ3v) is 4.16. The summed E-state index contributed by atoms with van der Waals surface area (Å²) >= 11 is 1.63. The summed E-state index contributed by atoms with van der Waals surface area (Å²) in [6, 6.07) is 6.75. The molecule has 2 aromatic heterocycles. The van der Waals surface area contributed by atoms with Crippen LogP contribution in [-0.2, 0) is 6.42 Å². The van der Waals surface area contributed by atoms with Crippen molar-refractivity contribution in [1.29, 1.82) is 0 Å². The minimum absolute atomic E-state index is 0.195. The van der Waals surface area contributed by atoms with Gasteiger partial charge in [-0.1, -0.05) is 12.1 Å². The van der Waals surface area contributed by atoms with Crippen LogP contribution >= 0.6 is 11.3 Å². The van der Waals surface area contributed by atoms with E-state index in [-0.39, 0.29) is 5.82 Å². The molecule has 1 N–H and O–H groups in total. The number of hydrogen-bond acceptors (Lipinski definition) is 3. The van der Waals surface area contributed by atoms with Crippen LogP contribution in [0.2, 0.25) is 0 Å². The molecule has 3 nitrogen and oxygen atoms in total. The first-order valence-corrected chi connectivity index (χ1v) is 7.45. The molecule has 2 heterocycles. The van der Waals surface area contributed by atoms with E-state index in [4.69, 9.17) is 0 Å². The normalized spacial score (nSPS) is 12.9. The third-order valence-electron chi connectivity index (χ3n) is 3.39. The molecular formula is C15H16FN3S. The summed E-state index contributed by atoms with van der Waals surface area (Å²) < 4.78 is 15.1. The van der Waals surface area contributed by atoms with Crippen LogP contribution in [0.4, 0.5) is 4.39 Å². The van der Waals surface area contributed by atoms with Gasteiger partial charge in [-0.05, 0) is 31.2 Å². The summed E-state index contributed by atoms with van der Waals surface area (Å²) in [4.78, 5) is 5.63. The fraction of sp³-hybridized carbons (Fsp3) is 0.267. The van der Waals surface area contributed by atoms with Crippen molar-refractivity contribution in [2.24, 2.45) is 0 Å². The van der Waals surface area contributed by atoms with Gasteiger partial charge in [-0.25, -0.2) is 9.37 Å². The molecular weight excluding hydrogens is 273 g/mol. The van der Waals surface area contributed by atoms with Crippen molar-refractivity contribution in [2.75, 3.05) is 13.6 Å². The summed E-state index contributed by atoms with van der Waals surface area (Å²) in [6.07, 6.45) is 4.93. The second kappa shape index (κ2) is 5.73. The quantitative estimate of drug-likeness (QED) is 0.782. The fourth-order valence-electron chi connectivity index (χ4n) is 2.42. The molecule has 0 fully saturated rings. The molecule has 20 heavy (non-hydrogen) atoms. The molecule has 3 aromatic rings. The predicted molar refractivity (Wildman–Crippen MR) is 79.8 cm³/mol. The first-order valence-electron chi connectivity index (χ1n) is 6.57. The lowest BCUT2D eigenvalue weighted by Gasteiger charge is -2.15. The van der Waals surface area contributed by atoms with E-state index < -0.39 is 0 Å². The topological polar surface area (TPSA) is 29.3 Å². The average Bonchev–Trinajstić information content (AvgIpc) is 3.00. The van der Waals surface area contributed by atoms with Crippen LogP contribution in [-0.4, -0.2) is 23.0 Å². The molecule has 0 amide bonds. The van der Waals surface area contributed by atoms with Crippen molar-refractivity contribution in [2.45, 2.75) is 12.3 Å². The SMILES string of the molecule is CNCC(Cc1cn2ccsc2n1)c1ccc(F)cc1. The Kier molecular flexibility index (Phi) is 3.80. The summed E-state index contributed by atoms with van der Waals surface area (Å²) in [6.45, 7) is 0.844. The Bertz CT molecular complexity index is 658. The number of imidazole rings is 1. The number of likely N-dealkylation sites (N-methyl/N-ethyl adjacent to an activating group) is 1. The van der Waals surface area contributed by atoms with E-state index in [1.807, 2.05) is 35.2 Å². The first-order chi connectivity index (χ1) is 9.76. The van der Waals surface area contributed by atoms with Crippen molar-refractivity contribution in [3.8, 4) is 0 Å². The maximum absolute atomic E-state index is 13.0. The van der Waals surface area contributed by atoms with E-state index in [0.717, 1.165) is 29.2 Å². The monoisotopic (exact) mass is 289 g/mol. The Labute approximate surface area is 121 Å². The Morgan fingerprint density at radius 1 is 1.35 bits per heavy atom. The summed E-state index contributed by atoms with van der Waals surface area (Å²) in [5, 5.41) is 5.23. The zero-order chi connectivity index (χ0) is 13.9. The maximum atomic E-state index is 13.0. The number of aromatic nitrogens is 2.